The highest BCUT2D eigenvalue weighted by molar-refractivity contribution is 6.32. The summed E-state index contributed by atoms with van der Waals surface area (Å²) in [6, 6.07) is 8.21. The average molecular weight is 286 g/mol. The number of benzene rings is 1. The third kappa shape index (κ3) is 2.21. The van der Waals surface area contributed by atoms with E-state index < -0.39 is 0 Å². The first-order valence-electron chi connectivity index (χ1n) is 6.91. The van der Waals surface area contributed by atoms with Crippen molar-refractivity contribution in [3.8, 4) is 6.07 Å². The van der Waals surface area contributed by atoms with Crippen LogP contribution < -0.4 is 4.90 Å². The van der Waals surface area contributed by atoms with Crippen LogP contribution in [0.1, 0.15) is 24.0 Å². The van der Waals surface area contributed by atoms with Crippen LogP contribution in [-0.4, -0.2) is 18.1 Å². The predicted molar refractivity (Wildman–Crippen MR) is 82.3 cm³/mol. The Kier molecular flexibility index (Phi) is 3.50. The van der Waals surface area contributed by atoms with Gasteiger partial charge in [0, 0.05) is 29.1 Å². The Labute approximate surface area is 123 Å². The summed E-state index contributed by atoms with van der Waals surface area (Å²) in [5.74, 6) is 0.960. The SMILES string of the molecule is Cc1c(Cl)ccc2cc(CC#N)c(N3CCCC3)nc12. The second kappa shape index (κ2) is 5.30. The summed E-state index contributed by atoms with van der Waals surface area (Å²) in [5.41, 5.74) is 2.97. The van der Waals surface area contributed by atoms with Crippen LogP contribution in [0.3, 0.4) is 0 Å². The molecule has 1 saturated heterocycles. The molecule has 1 aliphatic rings. The molecule has 0 bridgehead atoms. The predicted octanol–water partition coefficient (Wildman–Crippen LogP) is 3.86. The molecule has 0 saturated carbocycles. The van der Waals surface area contributed by atoms with Gasteiger partial charge in [-0.2, -0.15) is 5.26 Å². The standard InChI is InChI=1S/C16H16ClN3/c1-11-14(17)5-4-12-10-13(6-7-18)16(19-15(11)12)20-8-2-3-9-20/h4-5,10H,2-3,6,8-9H2,1H3. The number of nitrogens with zero attached hydrogens (tertiary/aromatic N) is 3. The van der Waals surface area contributed by atoms with Gasteiger partial charge in [0.1, 0.15) is 5.82 Å². The lowest BCUT2D eigenvalue weighted by Gasteiger charge is -2.20. The van der Waals surface area contributed by atoms with Crippen molar-refractivity contribution in [2.24, 2.45) is 0 Å². The van der Waals surface area contributed by atoms with Crippen LogP contribution in [0.2, 0.25) is 5.02 Å². The molecule has 0 spiro atoms. The number of halogens is 1. The molecule has 102 valence electrons. The first-order chi connectivity index (χ1) is 9.70. The number of anilines is 1. The van der Waals surface area contributed by atoms with Crippen molar-refractivity contribution in [2.45, 2.75) is 26.2 Å². The van der Waals surface area contributed by atoms with E-state index in [2.05, 4.69) is 17.0 Å². The zero-order chi connectivity index (χ0) is 14.1. The molecule has 0 N–H and O–H groups in total. The zero-order valence-corrected chi connectivity index (χ0v) is 12.2. The number of hydrogen-bond donors (Lipinski definition) is 0. The summed E-state index contributed by atoms with van der Waals surface area (Å²) in [6.45, 7) is 4.04. The molecule has 4 heteroatoms. The van der Waals surface area contributed by atoms with Crippen LogP contribution in [0, 0.1) is 18.3 Å². The lowest BCUT2D eigenvalue weighted by atomic mass is 10.1. The van der Waals surface area contributed by atoms with Crippen LogP contribution in [0.4, 0.5) is 5.82 Å². The molecule has 3 rings (SSSR count). The molecular formula is C16H16ClN3. The molecule has 0 radical (unpaired) electrons. The molecule has 0 atom stereocenters. The van der Waals surface area contributed by atoms with Crippen LogP contribution in [0.25, 0.3) is 10.9 Å². The van der Waals surface area contributed by atoms with Crippen LogP contribution in [0.5, 0.6) is 0 Å². The summed E-state index contributed by atoms with van der Waals surface area (Å²) in [7, 11) is 0. The number of pyridine rings is 1. The third-order valence-electron chi connectivity index (χ3n) is 3.91. The number of rotatable bonds is 2. The summed E-state index contributed by atoms with van der Waals surface area (Å²) in [6.07, 6.45) is 2.79. The Bertz CT molecular complexity index is 697. The lowest BCUT2D eigenvalue weighted by Crippen LogP contribution is -2.20. The van der Waals surface area contributed by atoms with Crippen LogP contribution in [0.15, 0.2) is 18.2 Å². The summed E-state index contributed by atoms with van der Waals surface area (Å²) < 4.78 is 0. The highest BCUT2D eigenvalue weighted by atomic mass is 35.5. The number of hydrogen-bond acceptors (Lipinski definition) is 3. The molecule has 1 aliphatic heterocycles. The lowest BCUT2D eigenvalue weighted by molar-refractivity contribution is 0.929. The molecule has 3 nitrogen and oxygen atoms in total. The van der Waals surface area contributed by atoms with Crippen molar-refractivity contribution < 1.29 is 0 Å². The van der Waals surface area contributed by atoms with E-state index in [1.54, 1.807) is 0 Å². The van der Waals surface area contributed by atoms with Gasteiger partial charge in [-0.15, -0.1) is 0 Å². The Morgan fingerprint density at radius 2 is 2.10 bits per heavy atom. The molecule has 2 aromatic rings. The molecular weight excluding hydrogens is 270 g/mol. The van der Waals surface area contributed by atoms with E-state index in [1.807, 2.05) is 19.1 Å². The van der Waals surface area contributed by atoms with Gasteiger partial charge in [-0.05, 0) is 37.5 Å². The van der Waals surface area contributed by atoms with Crippen molar-refractivity contribution in [2.75, 3.05) is 18.0 Å². The minimum atomic E-state index is 0.399. The maximum absolute atomic E-state index is 9.04. The zero-order valence-electron chi connectivity index (χ0n) is 11.5. The minimum Gasteiger partial charge on any atom is -0.356 e. The highest BCUT2D eigenvalue weighted by Gasteiger charge is 2.18. The maximum Gasteiger partial charge on any atom is 0.133 e. The van der Waals surface area contributed by atoms with E-state index >= 15 is 0 Å². The van der Waals surface area contributed by atoms with E-state index in [-0.39, 0.29) is 0 Å². The number of aromatic nitrogens is 1. The normalized spacial score (nSPS) is 14.8. The quantitative estimate of drug-likeness (QED) is 0.841. The minimum absolute atomic E-state index is 0.399. The topological polar surface area (TPSA) is 39.9 Å². The number of fused-ring (bicyclic) bond motifs is 1. The van der Waals surface area contributed by atoms with E-state index in [0.29, 0.717) is 6.42 Å². The number of nitriles is 1. The van der Waals surface area contributed by atoms with Gasteiger partial charge in [-0.1, -0.05) is 17.7 Å². The summed E-state index contributed by atoms with van der Waals surface area (Å²) in [5, 5.41) is 10.8. The molecule has 1 aromatic heterocycles. The molecule has 2 heterocycles. The van der Waals surface area contributed by atoms with E-state index in [4.69, 9.17) is 21.8 Å². The molecule has 0 amide bonds. The van der Waals surface area contributed by atoms with Crippen LogP contribution >= 0.6 is 11.6 Å². The highest BCUT2D eigenvalue weighted by Crippen LogP contribution is 2.30. The Hall–Kier alpha value is -1.79. The molecule has 1 fully saturated rings. The number of aryl methyl sites for hydroxylation is 1. The largest absolute Gasteiger partial charge is 0.356 e. The van der Waals surface area contributed by atoms with Gasteiger partial charge in [0.25, 0.3) is 0 Å². The van der Waals surface area contributed by atoms with Gasteiger partial charge in [0.2, 0.25) is 0 Å². The van der Waals surface area contributed by atoms with Gasteiger partial charge >= 0.3 is 0 Å². The Morgan fingerprint density at radius 3 is 2.80 bits per heavy atom. The van der Waals surface area contributed by atoms with Gasteiger partial charge in [-0.3, -0.25) is 0 Å². The van der Waals surface area contributed by atoms with Gasteiger partial charge in [-0.25, -0.2) is 4.98 Å². The van der Waals surface area contributed by atoms with Gasteiger partial charge in [0.05, 0.1) is 18.0 Å². The first-order valence-corrected chi connectivity index (χ1v) is 7.29. The molecule has 0 aliphatic carbocycles. The van der Waals surface area contributed by atoms with Gasteiger partial charge < -0.3 is 4.90 Å². The fourth-order valence-electron chi connectivity index (χ4n) is 2.81. The molecule has 1 aromatic carbocycles. The fraction of sp³-hybridized carbons (Fsp3) is 0.375. The fourth-order valence-corrected chi connectivity index (χ4v) is 2.96. The van der Waals surface area contributed by atoms with Crippen molar-refractivity contribution in [1.29, 1.82) is 5.26 Å². The smallest absolute Gasteiger partial charge is 0.133 e. The Balaban J connectivity index is 2.21. The molecule has 20 heavy (non-hydrogen) atoms. The van der Waals surface area contributed by atoms with E-state index in [9.17, 15) is 0 Å². The van der Waals surface area contributed by atoms with Crippen molar-refractivity contribution in [3.63, 3.8) is 0 Å². The Morgan fingerprint density at radius 1 is 1.35 bits per heavy atom. The third-order valence-corrected chi connectivity index (χ3v) is 4.32. The van der Waals surface area contributed by atoms with Crippen molar-refractivity contribution in [1.82, 2.24) is 4.98 Å². The second-order valence-electron chi connectivity index (χ2n) is 5.24. The monoisotopic (exact) mass is 285 g/mol. The average Bonchev–Trinajstić information content (AvgIpc) is 2.97. The maximum atomic E-state index is 9.04. The van der Waals surface area contributed by atoms with Crippen molar-refractivity contribution >= 4 is 28.3 Å². The summed E-state index contributed by atoms with van der Waals surface area (Å²) >= 11 is 6.19. The van der Waals surface area contributed by atoms with Crippen LogP contribution in [-0.2, 0) is 6.42 Å². The first kappa shape index (κ1) is 13.2. The van der Waals surface area contributed by atoms with Crippen molar-refractivity contribution in [3.05, 3.63) is 34.3 Å². The van der Waals surface area contributed by atoms with Gasteiger partial charge in [0.15, 0.2) is 0 Å². The molecule has 0 unspecified atom stereocenters. The second-order valence-corrected chi connectivity index (χ2v) is 5.65. The van der Waals surface area contributed by atoms with E-state index in [0.717, 1.165) is 46.0 Å². The summed E-state index contributed by atoms with van der Waals surface area (Å²) in [4.78, 5) is 7.11. The van der Waals surface area contributed by atoms with E-state index in [1.165, 1.54) is 12.8 Å².